The molecule has 0 bridgehead atoms. The Kier molecular flexibility index (Phi) is 9.70. The van der Waals surface area contributed by atoms with Gasteiger partial charge in [0.2, 0.25) is 5.91 Å². The second-order valence-electron chi connectivity index (χ2n) is 12.3. The van der Waals surface area contributed by atoms with Gasteiger partial charge in [-0.2, -0.15) is 13.2 Å². The molecule has 0 radical (unpaired) electrons. The second-order valence-corrected chi connectivity index (χ2v) is 12.3. The molecule has 12 heteroatoms. The number of nitrogens with zero attached hydrogens (tertiary/aromatic N) is 2. The van der Waals surface area contributed by atoms with E-state index in [9.17, 15) is 22.8 Å². The molecule has 1 atom stereocenters. The molecule has 0 aliphatic heterocycles. The molecule has 4 aromatic carbocycles. The Labute approximate surface area is 281 Å². The second kappa shape index (κ2) is 14.1. The third kappa shape index (κ3) is 8.27. The maximum absolute atomic E-state index is 13.2. The first-order valence-electron chi connectivity index (χ1n) is 16.1. The molecular formula is C37H37F3N6O3. The van der Waals surface area contributed by atoms with Crippen molar-refractivity contribution in [1.82, 2.24) is 20.2 Å². The molecule has 49 heavy (non-hydrogen) atoms. The normalized spacial score (nSPS) is 14.4. The number of hydrogen-bond acceptors (Lipinski definition) is 6. The minimum absolute atomic E-state index is 0.0991. The van der Waals surface area contributed by atoms with Gasteiger partial charge < -0.3 is 26.1 Å². The summed E-state index contributed by atoms with van der Waals surface area (Å²) in [5.41, 5.74) is 14.3. The van der Waals surface area contributed by atoms with E-state index in [0.29, 0.717) is 59.7 Å². The Morgan fingerprint density at radius 3 is 2.43 bits per heavy atom. The monoisotopic (exact) mass is 670 g/mol. The van der Waals surface area contributed by atoms with Crippen LogP contribution in [0.4, 0.5) is 13.2 Å². The number of carbonyl (C=O) groups is 2. The SMILES string of the molecule is NC(=O)[C@H](CCCNC1(N)CC1)n1c(-c2cccc(OCc3ccccc3)c2)nc2cc(C(=O)NCc3cccc(C(F)(F)F)c3)ccc21. The highest BCUT2D eigenvalue weighted by Gasteiger charge is 2.37. The Bertz CT molecular complexity index is 1960. The zero-order chi connectivity index (χ0) is 34.6. The number of primary amides is 1. The first-order valence-corrected chi connectivity index (χ1v) is 16.1. The largest absolute Gasteiger partial charge is 0.489 e. The van der Waals surface area contributed by atoms with E-state index in [0.717, 1.165) is 30.5 Å². The van der Waals surface area contributed by atoms with E-state index in [-0.39, 0.29) is 17.8 Å². The van der Waals surface area contributed by atoms with Crippen LogP contribution in [-0.4, -0.2) is 33.6 Å². The molecule has 6 N–H and O–H groups in total. The fourth-order valence-electron chi connectivity index (χ4n) is 5.71. The first kappa shape index (κ1) is 33.7. The van der Waals surface area contributed by atoms with Gasteiger partial charge in [-0.25, -0.2) is 4.98 Å². The number of fused-ring (bicyclic) bond motifs is 1. The molecule has 1 fully saturated rings. The lowest BCUT2D eigenvalue weighted by Crippen LogP contribution is -2.40. The van der Waals surface area contributed by atoms with E-state index >= 15 is 0 Å². The minimum atomic E-state index is -4.49. The van der Waals surface area contributed by atoms with Gasteiger partial charge in [-0.05, 0) is 85.8 Å². The molecule has 1 heterocycles. The maximum Gasteiger partial charge on any atom is 0.416 e. The van der Waals surface area contributed by atoms with Gasteiger partial charge >= 0.3 is 6.18 Å². The highest BCUT2D eigenvalue weighted by atomic mass is 19.4. The third-order valence-electron chi connectivity index (χ3n) is 8.56. The van der Waals surface area contributed by atoms with Crippen LogP contribution >= 0.6 is 0 Å². The van der Waals surface area contributed by atoms with Gasteiger partial charge in [0.1, 0.15) is 24.2 Å². The predicted molar refractivity (Wildman–Crippen MR) is 180 cm³/mol. The van der Waals surface area contributed by atoms with Gasteiger partial charge in [0, 0.05) is 17.7 Å². The number of ether oxygens (including phenoxy) is 1. The van der Waals surface area contributed by atoms with Crippen molar-refractivity contribution in [2.45, 2.75) is 56.7 Å². The number of aromatic nitrogens is 2. The molecule has 0 saturated heterocycles. The summed E-state index contributed by atoms with van der Waals surface area (Å²) in [7, 11) is 0. The van der Waals surface area contributed by atoms with Crippen LogP contribution in [0.1, 0.15) is 58.8 Å². The van der Waals surface area contributed by atoms with Crippen LogP contribution in [0.25, 0.3) is 22.4 Å². The van der Waals surface area contributed by atoms with E-state index in [1.807, 2.05) is 54.6 Å². The molecule has 9 nitrogen and oxygen atoms in total. The van der Waals surface area contributed by atoms with Crippen molar-refractivity contribution in [3.63, 3.8) is 0 Å². The maximum atomic E-state index is 13.2. The summed E-state index contributed by atoms with van der Waals surface area (Å²) in [6.07, 6.45) is -1.64. The zero-order valence-electron chi connectivity index (χ0n) is 26.7. The Hall–Kier alpha value is -5.20. The lowest BCUT2D eigenvalue weighted by Gasteiger charge is -2.20. The number of rotatable bonds is 14. The summed E-state index contributed by atoms with van der Waals surface area (Å²) in [4.78, 5) is 31.1. The van der Waals surface area contributed by atoms with Crippen LogP contribution in [0.2, 0.25) is 0 Å². The predicted octanol–water partition coefficient (Wildman–Crippen LogP) is 6.08. The van der Waals surface area contributed by atoms with Crippen LogP contribution < -0.4 is 26.8 Å². The van der Waals surface area contributed by atoms with Gasteiger partial charge in [0.15, 0.2) is 0 Å². The zero-order valence-corrected chi connectivity index (χ0v) is 26.7. The number of imidazole rings is 1. The van der Waals surface area contributed by atoms with Gasteiger partial charge in [0.05, 0.1) is 22.3 Å². The molecule has 254 valence electrons. The summed E-state index contributed by atoms with van der Waals surface area (Å²) in [5.74, 6) is 0.0527. The van der Waals surface area contributed by atoms with E-state index in [4.69, 9.17) is 21.2 Å². The van der Waals surface area contributed by atoms with Crippen LogP contribution in [-0.2, 0) is 24.1 Å². The molecular weight excluding hydrogens is 633 g/mol. The van der Waals surface area contributed by atoms with Crippen LogP contribution in [0.15, 0.2) is 97.1 Å². The number of nitrogens with one attached hydrogen (secondary N) is 2. The molecule has 5 aromatic rings. The number of amides is 2. The molecule has 1 aliphatic rings. The molecule has 0 unspecified atom stereocenters. The molecule has 1 aliphatic carbocycles. The highest BCUT2D eigenvalue weighted by Crippen LogP contribution is 2.34. The van der Waals surface area contributed by atoms with E-state index in [1.54, 1.807) is 22.8 Å². The lowest BCUT2D eigenvalue weighted by atomic mass is 10.1. The van der Waals surface area contributed by atoms with Crippen molar-refractivity contribution in [1.29, 1.82) is 0 Å². The smallest absolute Gasteiger partial charge is 0.416 e. The van der Waals surface area contributed by atoms with Crippen molar-refractivity contribution < 1.29 is 27.5 Å². The number of hydrogen-bond donors (Lipinski definition) is 4. The number of halogens is 3. The molecule has 2 amide bonds. The average molecular weight is 671 g/mol. The summed E-state index contributed by atoms with van der Waals surface area (Å²) in [6.45, 7) is 0.874. The van der Waals surface area contributed by atoms with Crippen LogP contribution in [0, 0.1) is 0 Å². The van der Waals surface area contributed by atoms with E-state index < -0.39 is 29.6 Å². The summed E-state index contributed by atoms with van der Waals surface area (Å²) < 4.78 is 47.4. The van der Waals surface area contributed by atoms with Crippen molar-refractivity contribution in [3.8, 4) is 17.1 Å². The molecule has 6 rings (SSSR count). The van der Waals surface area contributed by atoms with Gasteiger partial charge in [0.25, 0.3) is 5.91 Å². The van der Waals surface area contributed by atoms with E-state index in [2.05, 4.69) is 10.6 Å². The minimum Gasteiger partial charge on any atom is -0.489 e. The number of benzene rings is 4. The summed E-state index contributed by atoms with van der Waals surface area (Å²) >= 11 is 0. The number of nitrogens with two attached hydrogens (primary N) is 2. The molecule has 1 saturated carbocycles. The van der Waals surface area contributed by atoms with Gasteiger partial charge in [-0.15, -0.1) is 0 Å². The average Bonchev–Trinajstić information content (AvgIpc) is 3.71. The van der Waals surface area contributed by atoms with Crippen molar-refractivity contribution >= 4 is 22.8 Å². The first-order chi connectivity index (χ1) is 23.5. The molecule has 1 aromatic heterocycles. The van der Waals surface area contributed by atoms with Crippen molar-refractivity contribution in [3.05, 3.63) is 119 Å². The number of carbonyl (C=O) groups excluding carboxylic acids is 2. The Morgan fingerprint density at radius 2 is 1.69 bits per heavy atom. The molecule has 0 spiro atoms. The third-order valence-corrected chi connectivity index (χ3v) is 8.56. The lowest BCUT2D eigenvalue weighted by molar-refractivity contribution is -0.137. The van der Waals surface area contributed by atoms with Gasteiger partial charge in [-0.1, -0.05) is 54.6 Å². The summed E-state index contributed by atoms with van der Waals surface area (Å²) in [6, 6.07) is 26.1. The van der Waals surface area contributed by atoms with Gasteiger partial charge in [-0.3, -0.25) is 14.9 Å². The fourth-order valence-corrected chi connectivity index (χ4v) is 5.71. The van der Waals surface area contributed by atoms with Crippen LogP contribution in [0.5, 0.6) is 5.75 Å². The van der Waals surface area contributed by atoms with E-state index in [1.165, 1.54) is 12.1 Å². The Balaban J connectivity index is 1.29. The standard InChI is InChI=1S/C37H37F3N6O3/c38-37(39,40)28-11-4-9-25(19-28)22-43-35(48)27-14-15-31-30(21-27)45-34(46(31)32(33(41)47)13-6-18-44-36(42)16-17-36)26-10-5-12-29(20-26)49-23-24-7-2-1-3-8-24/h1-5,7-12,14-15,19-21,32,44H,6,13,16-18,22-23,42H2,(H2,41,47)(H,43,48)/t32-/m0/s1. The Morgan fingerprint density at radius 1 is 0.939 bits per heavy atom. The van der Waals surface area contributed by atoms with Crippen molar-refractivity contribution in [2.24, 2.45) is 11.5 Å². The fraction of sp³-hybridized carbons (Fsp3) is 0.270. The van der Waals surface area contributed by atoms with Crippen LogP contribution in [0.3, 0.4) is 0 Å². The number of alkyl halides is 3. The van der Waals surface area contributed by atoms with Crippen molar-refractivity contribution in [2.75, 3.05) is 6.54 Å². The summed E-state index contributed by atoms with van der Waals surface area (Å²) in [5, 5.41) is 6.02. The highest BCUT2D eigenvalue weighted by molar-refractivity contribution is 5.98. The topological polar surface area (TPSA) is 137 Å². The quantitative estimate of drug-likeness (QED) is 0.0836.